The lowest BCUT2D eigenvalue weighted by Crippen LogP contribution is -2.11. The Morgan fingerprint density at radius 2 is 2.17 bits per heavy atom. The number of nitrogens with zero attached hydrogens (tertiary/aromatic N) is 2. The van der Waals surface area contributed by atoms with E-state index in [-0.39, 0.29) is 17.2 Å². The summed E-state index contributed by atoms with van der Waals surface area (Å²) in [6.45, 7) is 0. The Morgan fingerprint density at radius 3 is 2.75 bits per heavy atom. The van der Waals surface area contributed by atoms with Gasteiger partial charge in [-0.15, -0.1) is 0 Å². The summed E-state index contributed by atoms with van der Waals surface area (Å²) in [7, 11) is 1.24. The molecule has 0 unspecified atom stereocenters. The Kier molecular flexibility index (Phi) is 2.09. The van der Waals surface area contributed by atoms with Crippen molar-refractivity contribution in [3.63, 3.8) is 0 Å². The van der Waals surface area contributed by atoms with Crippen molar-refractivity contribution in [2.24, 2.45) is 0 Å². The minimum atomic E-state index is -0.624. The van der Waals surface area contributed by atoms with Crippen molar-refractivity contribution in [3.8, 4) is 0 Å². The fourth-order valence-electron chi connectivity index (χ4n) is 0.669. The van der Waals surface area contributed by atoms with Crippen LogP contribution < -0.4 is 11.5 Å². The lowest BCUT2D eigenvalue weighted by Gasteiger charge is -2.02. The molecule has 0 spiro atoms. The molecule has 0 aliphatic heterocycles. The van der Waals surface area contributed by atoms with E-state index in [0.717, 1.165) is 6.33 Å². The number of methoxy groups -OCH3 is 1. The van der Waals surface area contributed by atoms with Crippen molar-refractivity contribution in [2.45, 2.75) is 0 Å². The Labute approximate surface area is 68.6 Å². The first kappa shape index (κ1) is 8.25. The molecule has 0 bridgehead atoms. The summed E-state index contributed by atoms with van der Waals surface area (Å²) < 4.78 is 4.41. The number of ether oxygens (including phenoxy) is 1. The van der Waals surface area contributed by atoms with E-state index in [0.29, 0.717) is 0 Å². The normalized spacial score (nSPS) is 9.42. The van der Waals surface area contributed by atoms with Crippen LogP contribution in [0.25, 0.3) is 0 Å². The van der Waals surface area contributed by atoms with Crippen LogP contribution in [0.1, 0.15) is 10.5 Å². The smallest absolute Gasteiger partial charge is 0.359 e. The monoisotopic (exact) mass is 168 g/mol. The van der Waals surface area contributed by atoms with Gasteiger partial charge in [-0.25, -0.2) is 14.8 Å². The van der Waals surface area contributed by atoms with Crippen LogP contribution >= 0.6 is 0 Å². The number of nitrogen functional groups attached to an aromatic ring is 2. The van der Waals surface area contributed by atoms with Gasteiger partial charge >= 0.3 is 5.97 Å². The van der Waals surface area contributed by atoms with Gasteiger partial charge in [-0.3, -0.25) is 0 Å². The van der Waals surface area contributed by atoms with Gasteiger partial charge in [0.1, 0.15) is 12.0 Å². The van der Waals surface area contributed by atoms with Crippen LogP contribution in [-0.4, -0.2) is 23.0 Å². The van der Waals surface area contributed by atoms with Crippen LogP contribution in [-0.2, 0) is 4.74 Å². The van der Waals surface area contributed by atoms with Gasteiger partial charge in [0.25, 0.3) is 0 Å². The minimum absolute atomic E-state index is 0.00926. The number of hydrogen-bond donors (Lipinski definition) is 2. The average Bonchev–Trinajstić information content (AvgIpc) is 2.08. The SMILES string of the molecule is COC(=O)c1ncnc(N)c1N. The molecule has 0 aliphatic carbocycles. The van der Waals surface area contributed by atoms with Gasteiger partial charge in [-0.1, -0.05) is 0 Å². The highest BCUT2D eigenvalue weighted by Crippen LogP contribution is 2.14. The van der Waals surface area contributed by atoms with E-state index in [1.807, 2.05) is 0 Å². The van der Waals surface area contributed by atoms with E-state index in [1.165, 1.54) is 7.11 Å². The number of esters is 1. The molecule has 0 amide bonds. The zero-order valence-corrected chi connectivity index (χ0v) is 6.44. The molecule has 0 aromatic carbocycles. The van der Waals surface area contributed by atoms with Gasteiger partial charge in [0.15, 0.2) is 11.5 Å². The molecular weight excluding hydrogens is 160 g/mol. The van der Waals surface area contributed by atoms with Crippen molar-refractivity contribution >= 4 is 17.5 Å². The molecule has 0 saturated heterocycles. The predicted octanol–water partition coefficient (Wildman–Crippen LogP) is -0.572. The van der Waals surface area contributed by atoms with E-state index < -0.39 is 5.97 Å². The zero-order valence-electron chi connectivity index (χ0n) is 6.44. The van der Waals surface area contributed by atoms with Crippen LogP contribution in [0.2, 0.25) is 0 Å². The van der Waals surface area contributed by atoms with Crippen LogP contribution in [0.5, 0.6) is 0 Å². The van der Waals surface area contributed by atoms with Crippen LogP contribution in [0, 0.1) is 0 Å². The number of anilines is 2. The molecule has 0 saturated carbocycles. The standard InChI is InChI=1S/C6H8N4O2/c1-12-6(11)4-3(7)5(8)10-2-9-4/h2H,7H2,1H3,(H2,8,9,10). The molecule has 6 heteroatoms. The fraction of sp³-hybridized carbons (Fsp3) is 0.167. The summed E-state index contributed by atoms with van der Waals surface area (Å²) in [4.78, 5) is 18.1. The number of rotatable bonds is 1. The Morgan fingerprint density at radius 1 is 1.50 bits per heavy atom. The quantitative estimate of drug-likeness (QED) is 0.544. The molecule has 1 aromatic rings. The molecule has 0 radical (unpaired) electrons. The van der Waals surface area contributed by atoms with E-state index in [2.05, 4.69) is 14.7 Å². The summed E-state index contributed by atoms with van der Waals surface area (Å²) in [5.41, 5.74) is 10.8. The van der Waals surface area contributed by atoms with Crippen LogP contribution in [0.4, 0.5) is 11.5 Å². The Balaban J connectivity index is 3.16. The molecule has 0 fully saturated rings. The number of nitrogens with two attached hydrogens (primary N) is 2. The Bertz CT molecular complexity index is 312. The highest BCUT2D eigenvalue weighted by atomic mass is 16.5. The molecule has 4 N–H and O–H groups in total. The van der Waals surface area contributed by atoms with Gasteiger partial charge in [-0.05, 0) is 0 Å². The maximum absolute atomic E-state index is 10.9. The molecule has 0 aliphatic rings. The Hall–Kier alpha value is -1.85. The van der Waals surface area contributed by atoms with Crippen LogP contribution in [0.15, 0.2) is 6.33 Å². The second-order valence-electron chi connectivity index (χ2n) is 2.01. The summed E-state index contributed by atoms with van der Waals surface area (Å²) in [5.74, 6) is -0.549. The van der Waals surface area contributed by atoms with Crippen molar-refractivity contribution in [1.29, 1.82) is 0 Å². The van der Waals surface area contributed by atoms with Gasteiger partial charge < -0.3 is 16.2 Å². The molecule has 64 valence electrons. The highest BCUT2D eigenvalue weighted by molar-refractivity contribution is 5.94. The summed E-state index contributed by atoms with van der Waals surface area (Å²) in [5, 5.41) is 0. The highest BCUT2D eigenvalue weighted by Gasteiger charge is 2.13. The third-order valence-electron chi connectivity index (χ3n) is 1.29. The van der Waals surface area contributed by atoms with Crippen molar-refractivity contribution in [2.75, 3.05) is 18.6 Å². The molecule has 1 heterocycles. The molecule has 0 atom stereocenters. The number of aromatic nitrogens is 2. The molecular formula is C6H8N4O2. The van der Waals surface area contributed by atoms with Gasteiger partial charge in [0.05, 0.1) is 7.11 Å². The first-order valence-electron chi connectivity index (χ1n) is 3.11. The van der Waals surface area contributed by atoms with E-state index >= 15 is 0 Å². The van der Waals surface area contributed by atoms with E-state index in [9.17, 15) is 4.79 Å². The third-order valence-corrected chi connectivity index (χ3v) is 1.29. The second-order valence-corrected chi connectivity index (χ2v) is 2.01. The largest absolute Gasteiger partial charge is 0.464 e. The maximum Gasteiger partial charge on any atom is 0.359 e. The zero-order chi connectivity index (χ0) is 9.14. The molecule has 1 aromatic heterocycles. The molecule has 1 rings (SSSR count). The van der Waals surface area contributed by atoms with Gasteiger partial charge in [0, 0.05) is 0 Å². The molecule has 12 heavy (non-hydrogen) atoms. The van der Waals surface area contributed by atoms with E-state index in [1.54, 1.807) is 0 Å². The topological polar surface area (TPSA) is 104 Å². The average molecular weight is 168 g/mol. The minimum Gasteiger partial charge on any atom is -0.464 e. The van der Waals surface area contributed by atoms with Crippen molar-refractivity contribution < 1.29 is 9.53 Å². The first-order valence-corrected chi connectivity index (χ1v) is 3.11. The summed E-state index contributed by atoms with van der Waals surface area (Å²) in [6, 6.07) is 0. The summed E-state index contributed by atoms with van der Waals surface area (Å²) >= 11 is 0. The maximum atomic E-state index is 10.9. The van der Waals surface area contributed by atoms with Crippen molar-refractivity contribution in [3.05, 3.63) is 12.0 Å². The number of hydrogen-bond acceptors (Lipinski definition) is 6. The van der Waals surface area contributed by atoms with Crippen molar-refractivity contribution in [1.82, 2.24) is 9.97 Å². The first-order chi connectivity index (χ1) is 5.66. The lowest BCUT2D eigenvalue weighted by atomic mass is 10.3. The second kappa shape index (κ2) is 3.04. The molecule has 6 nitrogen and oxygen atoms in total. The van der Waals surface area contributed by atoms with E-state index in [4.69, 9.17) is 11.5 Å². The lowest BCUT2D eigenvalue weighted by molar-refractivity contribution is 0.0595. The number of carbonyl (C=O) groups excluding carboxylic acids is 1. The fourth-order valence-corrected chi connectivity index (χ4v) is 0.669. The van der Waals surface area contributed by atoms with Gasteiger partial charge in [-0.2, -0.15) is 0 Å². The van der Waals surface area contributed by atoms with Gasteiger partial charge in [0.2, 0.25) is 0 Å². The summed E-state index contributed by atoms with van der Waals surface area (Å²) in [6.07, 6.45) is 1.15. The predicted molar refractivity (Wildman–Crippen MR) is 42.2 cm³/mol. The third kappa shape index (κ3) is 1.26. The number of carbonyl (C=O) groups is 1. The van der Waals surface area contributed by atoms with Crippen LogP contribution in [0.3, 0.4) is 0 Å².